The van der Waals surface area contributed by atoms with E-state index in [0.717, 1.165) is 5.56 Å². The zero-order valence-electron chi connectivity index (χ0n) is 9.64. The van der Waals surface area contributed by atoms with Crippen LogP contribution in [0, 0.1) is 0 Å². The second-order valence-electron chi connectivity index (χ2n) is 4.07. The molecule has 90 valence electrons. The van der Waals surface area contributed by atoms with Crippen LogP contribution in [0.1, 0.15) is 18.9 Å². The Morgan fingerprint density at radius 2 is 2.35 bits per heavy atom. The molecule has 5 nitrogen and oxygen atoms in total. The number of benzene rings is 1. The average molecular weight is 235 g/mol. The van der Waals surface area contributed by atoms with Crippen LogP contribution in [-0.2, 0) is 9.63 Å². The monoisotopic (exact) mass is 235 g/mol. The summed E-state index contributed by atoms with van der Waals surface area (Å²) in [5, 5.41) is 12.9. The van der Waals surface area contributed by atoms with Crippen LogP contribution in [-0.4, -0.2) is 29.5 Å². The first kappa shape index (κ1) is 11.4. The van der Waals surface area contributed by atoms with Gasteiger partial charge < -0.3 is 14.7 Å². The number of nitrogens with zero attached hydrogens (tertiary/aromatic N) is 1. The van der Waals surface area contributed by atoms with Gasteiger partial charge in [-0.1, -0.05) is 17.3 Å². The molecule has 0 spiro atoms. The Bertz CT molecular complexity index is 483. The molecule has 0 aliphatic carbocycles. The summed E-state index contributed by atoms with van der Waals surface area (Å²) in [7, 11) is 1.58. The third kappa shape index (κ3) is 2.08. The molecule has 0 amide bonds. The lowest BCUT2D eigenvalue weighted by atomic mass is 9.96. The number of oxime groups is 1. The van der Waals surface area contributed by atoms with Crippen molar-refractivity contribution in [3.63, 3.8) is 0 Å². The predicted octanol–water partition coefficient (Wildman–Crippen LogP) is 1.66. The Kier molecular flexibility index (Phi) is 2.75. The first-order valence-electron chi connectivity index (χ1n) is 5.18. The molecule has 2 rings (SSSR count). The molecule has 1 N–H and O–H groups in total. The predicted molar refractivity (Wildman–Crippen MR) is 61.3 cm³/mol. The molecule has 17 heavy (non-hydrogen) atoms. The van der Waals surface area contributed by atoms with Crippen molar-refractivity contribution >= 4 is 11.7 Å². The van der Waals surface area contributed by atoms with E-state index in [4.69, 9.17) is 14.7 Å². The molecule has 0 bridgehead atoms. The number of carboxylic acids is 1. The molecule has 0 saturated carbocycles. The van der Waals surface area contributed by atoms with Crippen LogP contribution in [0.25, 0.3) is 0 Å². The smallest absolute Gasteiger partial charge is 0.351 e. The molecule has 0 unspecified atom stereocenters. The molecule has 1 heterocycles. The molecular weight excluding hydrogens is 222 g/mol. The molecule has 1 aromatic carbocycles. The van der Waals surface area contributed by atoms with E-state index < -0.39 is 11.6 Å². The number of methoxy groups -OCH3 is 1. The summed E-state index contributed by atoms with van der Waals surface area (Å²) in [6.45, 7) is 1.51. The van der Waals surface area contributed by atoms with Crippen molar-refractivity contribution < 1.29 is 19.5 Å². The van der Waals surface area contributed by atoms with Crippen LogP contribution in [0.5, 0.6) is 5.75 Å². The van der Waals surface area contributed by atoms with Gasteiger partial charge in [-0.25, -0.2) is 4.79 Å². The number of hydrogen-bond donors (Lipinski definition) is 1. The van der Waals surface area contributed by atoms with E-state index in [-0.39, 0.29) is 6.42 Å². The summed E-state index contributed by atoms with van der Waals surface area (Å²) >= 11 is 0. The largest absolute Gasteiger partial charge is 0.497 e. The van der Waals surface area contributed by atoms with Crippen LogP contribution < -0.4 is 4.74 Å². The summed E-state index contributed by atoms with van der Waals surface area (Å²) in [4.78, 5) is 16.0. The molecule has 0 fully saturated rings. The molecule has 1 aromatic rings. The van der Waals surface area contributed by atoms with Gasteiger partial charge >= 0.3 is 5.97 Å². The van der Waals surface area contributed by atoms with Crippen LogP contribution >= 0.6 is 0 Å². The molecule has 1 atom stereocenters. The second-order valence-corrected chi connectivity index (χ2v) is 4.07. The van der Waals surface area contributed by atoms with Crippen LogP contribution in [0.2, 0.25) is 0 Å². The minimum absolute atomic E-state index is 0.246. The van der Waals surface area contributed by atoms with Crippen molar-refractivity contribution in [1.29, 1.82) is 0 Å². The van der Waals surface area contributed by atoms with E-state index in [1.165, 1.54) is 6.92 Å². The summed E-state index contributed by atoms with van der Waals surface area (Å²) in [5.41, 5.74) is 0.168. The Balaban J connectivity index is 2.23. The van der Waals surface area contributed by atoms with Gasteiger partial charge in [0.15, 0.2) is 0 Å². The zero-order chi connectivity index (χ0) is 12.5. The maximum atomic E-state index is 11.0. The highest BCUT2D eigenvalue weighted by atomic mass is 16.7. The maximum Gasteiger partial charge on any atom is 0.351 e. The minimum atomic E-state index is -1.27. The molecule has 5 heteroatoms. The summed E-state index contributed by atoms with van der Waals surface area (Å²) in [6, 6.07) is 7.29. The minimum Gasteiger partial charge on any atom is -0.497 e. The highest BCUT2D eigenvalue weighted by molar-refractivity contribution is 6.04. The number of carbonyl (C=O) groups is 1. The molecule has 0 aromatic heterocycles. The van der Waals surface area contributed by atoms with Crippen molar-refractivity contribution in [1.82, 2.24) is 0 Å². The van der Waals surface area contributed by atoms with Gasteiger partial charge in [-0.05, 0) is 19.1 Å². The van der Waals surface area contributed by atoms with E-state index in [9.17, 15) is 4.79 Å². The molecule has 1 aliphatic heterocycles. The third-order valence-corrected chi connectivity index (χ3v) is 2.72. The van der Waals surface area contributed by atoms with Gasteiger partial charge in [0.05, 0.1) is 12.8 Å². The number of aliphatic carboxylic acids is 1. The number of hydrogen-bond acceptors (Lipinski definition) is 4. The number of carboxylic acid groups (broad SMARTS) is 1. The van der Waals surface area contributed by atoms with Gasteiger partial charge in [-0.2, -0.15) is 0 Å². The average Bonchev–Trinajstić information content (AvgIpc) is 2.74. The molecule has 0 radical (unpaired) electrons. The lowest BCUT2D eigenvalue weighted by Crippen LogP contribution is -2.35. The Morgan fingerprint density at radius 3 is 2.94 bits per heavy atom. The lowest BCUT2D eigenvalue weighted by Gasteiger charge is -2.14. The van der Waals surface area contributed by atoms with Crippen molar-refractivity contribution in [3.05, 3.63) is 29.8 Å². The Labute approximate surface area is 98.6 Å². The van der Waals surface area contributed by atoms with E-state index in [1.54, 1.807) is 13.2 Å². The van der Waals surface area contributed by atoms with E-state index in [2.05, 4.69) is 5.16 Å². The number of rotatable bonds is 3. The standard InChI is InChI=1S/C12H13NO4/c1-12(11(14)15)7-10(13-17-12)8-4-3-5-9(6-8)16-2/h3-6H,7H2,1-2H3,(H,14,15)/t12-/m1/s1. The quantitative estimate of drug-likeness (QED) is 0.865. The van der Waals surface area contributed by atoms with Crippen molar-refractivity contribution in [2.45, 2.75) is 18.9 Å². The van der Waals surface area contributed by atoms with E-state index in [1.807, 2.05) is 18.2 Å². The van der Waals surface area contributed by atoms with Gasteiger partial charge in [0.1, 0.15) is 5.75 Å². The van der Waals surface area contributed by atoms with Gasteiger partial charge in [0, 0.05) is 12.0 Å². The van der Waals surface area contributed by atoms with Crippen molar-refractivity contribution in [2.75, 3.05) is 7.11 Å². The second kappa shape index (κ2) is 4.08. The fourth-order valence-corrected chi connectivity index (χ4v) is 1.61. The lowest BCUT2D eigenvalue weighted by molar-refractivity contribution is -0.160. The fourth-order valence-electron chi connectivity index (χ4n) is 1.61. The highest BCUT2D eigenvalue weighted by Gasteiger charge is 2.42. The van der Waals surface area contributed by atoms with Crippen LogP contribution in [0.4, 0.5) is 0 Å². The maximum absolute atomic E-state index is 11.0. The SMILES string of the molecule is COc1cccc(C2=NO[C@@](C)(C(=O)O)C2)c1. The van der Waals surface area contributed by atoms with Gasteiger partial charge in [0.2, 0.25) is 5.60 Å². The zero-order valence-corrected chi connectivity index (χ0v) is 9.64. The molecule has 0 saturated heterocycles. The normalized spacial score (nSPS) is 22.8. The third-order valence-electron chi connectivity index (χ3n) is 2.72. The van der Waals surface area contributed by atoms with E-state index >= 15 is 0 Å². The van der Waals surface area contributed by atoms with Gasteiger partial charge in [-0.15, -0.1) is 0 Å². The fraction of sp³-hybridized carbons (Fsp3) is 0.333. The molecular formula is C12H13NO4. The van der Waals surface area contributed by atoms with Crippen LogP contribution in [0.3, 0.4) is 0 Å². The van der Waals surface area contributed by atoms with Gasteiger partial charge in [0.25, 0.3) is 0 Å². The van der Waals surface area contributed by atoms with Crippen LogP contribution in [0.15, 0.2) is 29.4 Å². The first-order chi connectivity index (χ1) is 8.05. The topological polar surface area (TPSA) is 68.1 Å². The van der Waals surface area contributed by atoms with Gasteiger partial charge in [-0.3, -0.25) is 0 Å². The Hall–Kier alpha value is -2.04. The summed E-state index contributed by atoms with van der Waals surface area (Å²) < 4.78 is 5.10. The highest BCUT2D eigenvalue weighted by Crippen LogP contribution is 2.27. The molecule has 1 aliphatic rings. The first-order valence-corrected chi connectivity index (χ1v) is 5.18. The number of ether oxygens (including phenoxy) is 1. The summed E-state index contributed by atoms with van der Waals surface area (Å²) in [5.74, 6) is -0.312. The van der Waals surface area contributed by atoms with Crippen molar-refractivity contribution in [2.24, 2.45) is 5.16 Å². The Morgan fingerprint density at radius 1 is 1.59 bits per heavy atom. The summed E-state index contributed by atoms with van der Waals surface area (Å²) in [6.07, 6.45) is 0.246. The van der Waals surface area contributed by atoms with E-state index in [0.29, 0.717) is 11.5 Å². The van der Waals surface area contributed by atoms with Crippen molar-refractivity contribution in [3.8, 4) is 5.75 Å².